The zero-order chi connectivity index (χ0) is 97.9. The summed E-state index contributed by atoms with van der Waals surface area (Å²) in [5.41, 5.74) is 52.3. The standard InChI is InChI=1S/C27H32N4O4S2.C25H29N5O3S2.C23H26N4O2S2.C23H26N3O6PS2/c1-4-5-14-37(33)23-16-21-25(26(23)28)20(15-22(30-21)27-29-10-13-36-27)18-6-8-19(9-7-18)34-11-12-35-24(32)17-31(2)3;1-2-3-12-35(33)21-14-19-22(23(21)26)18(13-20(30-19)24-27-9-11-34-24)17-6-4-16(5-7-17)15-29-25(32)28-8-10-31;1-2-3-12-31(28)20-14-18-21(22(20)25)17(13-19(27-18)23-26-9-11-30-23)15-4-6-16(7-5-15)29-10-8-24;1-2-3-12-35(30)20-14-18-21(22(20)24)17(13-19(26-18)23-25-8-11-34-23)15-4-6-16(7-5-15)31-9-10-32-33(27,28)29/h6-10,13,15H,4-5,11-12,14,16-17,28H2,1-3H3;4-7,9,11,13,31H,2-3,8,10,12,14-15,26H2,1H3,(H2,28,29,32);4-7,9,11,13H,2-3,8,10,12,14,24-25H2,1H3;4-8,11,13H,2-3,9-10,12,14,24H2,1H3,(H2,27,28,29). The van der Waals surface area contributed by atoms with Gasteiger partial charge in [-0.25, -0.2) is 49.2 Å². The number of nitrogens with one attached hydrogen (secondary N) is 2. The summed E-state index contributed by atoms with van der Waals surface area (Å²) < 4.78 is 89.0. The third kappa shape index (κ3) is 27.3. The molecule has 12 aromatic rings. The molecule has 4 atom stereocenters. The molecule has 0 fully saturated rings. The van der Waals surface area contributed by atoms with Crippen molar-refractivity contribution in [2.75, 3.05) is 96.4 Å². The van der Waals surface area contributed by atoms with Gasteiger partial charge in [-0.15, -0.1) is 45.3 Å². The number of urea groups is 1. The minimum Gasteiger partial charge on any atom is -0.492 e. The summed E-state index contributed by atoms with van der Waals surface area (Å²) >= 11 is 6.09. The number of allylic oxidation sites excluding steroid dienone is 4. The number of ether oxygens (including phenoxy) is 4. The molecule has 4 aliphatic carbocycles. The van der Waals surface area contributed by atoms with Crippen molar-refractivity contribution in [3.63, 3.8) is 0 Å². The van der Waals surface area contributed by atoms with Crippen molar-refractivity contribution >= 4 is 131 Å². The molecule has 4 aliphatic rings. The van der Waals surface area contributed by atoms with Gasteiger partial charge in [0.15, 0.2) is 0 Å². The Balaban J connectivity index is 0.000000156. The maximum absolute atomic E-state index is 13.0. The number of esters is 1. The van der Waals surface area contributed by atoms with Gasteiger partial charge in [-0.05, 0) is 151 Å². The highest BCUT2D eigenvalue weighted by Crippen LogP contribution is 2.47. The average Bonchev–Trinajstić information content (AvgIpc) is 1.62. The van der Waals surface area contributed by atoms with Crippen LogP contribution in [0.15, 0.2) is 187 Å². The van der Waals surface area contributed by atoms with E-state index in [0.717, 1.165) is 215 Å². The van der Waals surface area contributed by atoms with Crippen molar-refractivity contribution in [2.24, 2.45) is 28.7 Å². The van der Waals surface area contributed by atoms with Crippen LogP contribution in [0.4, 0.5) is 4.79 Å². The minimum absolute atomic E-state index is 0.00801. The predicted octanol–water partition coefficient (Wildman–Crippen LogP) is 15.5. The quantitative estimate of drug-likeness (QED) is 0.00965. The number of amides is 2. The van der Waals surface area contributed by atoms with Crippen LogP contribution < -0.4 is 53.5 Å². The molecule has 40 heteroatoms. The maximum Gasteiger partial charge on any atom is 0.469 e. The Kier molecular flexibility index (Phi) is 38.3. The predicted molar refractivity (Wildman–Crippen MR) is 554 cm³/mol. The Bertz CT molecular complexity index is 6480. The highest BCUT2D eigenvalue weighted by molar-refractivity contribution is 7.90. The fraction of sp³-hybridized carbons (Fsp3) is 0.327. The third-order valence-electron chi connectivity index (χ3n) is 22.1. The second-order valence-corrected chi connectivity index (χ2v) is 43.4. The molecule has 0 radical (unpaired) electrons. The number of thiazole rings is 4. The van der Waals surface area contributed by atoms with Crippen LogP contribution >= 0.6 is 53.2 Å². The van der Waals surface area contributed by atoms with Gasteiger partial charge in [0.25, 0.3) is 0 Å². The van der Waals surface area contributed by atoms with Gasteiger partial charge in [-0.3, -0.25) is 31.1 Å². The lowest BCUT2D eigenvalue weighted by atomic mass is 9.97. The molecule has 0 bridgehead atoms. The van der Waals surface area contributed by atoms with E-state index in [1.807, 2.05) is 145 Å². The molecule has 728 valence electrons. The smallest absolute Gasteiger partial charge is 0.469 e. The van der Waals surface area contributed by atoms with E-state index < -0.39 is 51.0 Å². The number of aliphatic hydroxyl groups excluding tert-OH is 1. The van der Waals surface area contributed by atoms with Crippen molar-refractivity contribution < 1.29 is 69.4 Å². The van der Waals surface area contributed by atoms with E-state index in [9.17, 15) is 31.0 Å². The summed E-state index contributed by atoms with van der Waals surface area (Å²) in [4.78, 5) is 82.8. The fourth-order valence-corrected chi connectivity index (χ4v) is 23.8. The number of benzene rings is 4. The van der Waals surface area contributed by atoms with E-state index in [1.54, 1.807) is 53.2 Å². The van der Waals surface area contributed by atoms with E-state index in [1.165, 1.54) is 34.0 Å². The lowest BCUT2D eigenvalue weighted by Gasteiger charge is -2.13. The topological polar surface area (TPSA) is 487 Å². The molecule has 16 rings (SSSR count). The number of phosphoric ester groups is 1. The van der Waals surface area contributed by atoms with Crippen molar-refractivity contribution in [3.8, 4) is 105 Å². The number of fused-ring (bicyclic) bond motifs is 4. The number of phosphoric acid groups is 1. The van der Waals surface area contributed by atoms with E-state index in [-0.39, 0.29) is 58.1 Å². The van der Waals surface area contributed by atoms with Crippen LogP contribution in [0.3, 0.4) is 0 Å². The summed E-state index contributed by atoms with van der Waals surface area (Å²) in [5, 5.41) is 25.1. The van der Waals surface area contributed by atoms with Gasteiger partial charge in [-0.2, -0.15) is 0 Å². The number of unbranched alkanes of at least 4 members (excludes halogenated alkanes) is 4. The van der Waals surface area contributed by atoms with Crippen LogP contribution in [0.1, 0.15) is 130 Å². The molecule has 0 spiro atoms. The minimum atomic E-state index is -4.52. The number of pyridine rings is 4. The molecule has 4 aromatic carbocycles. The first kappa shape index (κ1) is 104. The number of rotatable bonds is 42. The van der Waals surface area contributed by atoms with Crippen molar-refractivity contribution in [1.29, 1.82) is 0 Å². The number of aliphatic hydroxyl groups is 1. The fourth-order valence-electron chi connectivity index (χ4n) is 15.3. The van der Waals surface area contributed by atoms with Gasteiger partial charge < -0.3 is 73.1 Å². The normalized spacial score (nSPS) is 13.8. The molecular formula is C98H113N16O15PS8. The van der Waals surface area contributed by atoms with Gasteiger partial charge in [0.1, 0.15) is 63.7 Å². The van der Waals surface area contributed by atoms with Gasteiger partial charge >= 0.3 is 19.8 Å². The number of nitrogens with two attached hydrogens (primary N) is 5. The van der Waals surface area contributed by atoms with Gasteiger partial charge in [-0.1, -0.05) is 114 Å². The number of aromatic nitrogens is 8. The molecule has 8 aromatic heterocycles. The molecule has 8 heterocycles. The molecular weight excluding hydrogens is 1930 g/mol. The molecule has 0 saturated carbocycles. The number of hydrogen-bond donors (Lipinski definition) is 10. The molecule has 0 saturated heterocycles. The Hall–Kier alpha value is -11.1. The lowest BCUT2D eigenvalue weighted by molar-refractivity contribution is -0.145. The summed E-state index contributed by atoms with van der Waals surface area (Å²) in [7, 11) is -5.42. The van der Waals surface area contributed by atoms with Gasteiger partial charge in [0.05, 0.1) is 131 Å². The Morgan fingerprint density at radius 3 is 1.02 bits per heavy atom. The van der Waals surface area contributed by atoms with Crippen molar-refractivity contribution in [2.45, 2.75) is 111 Å². The Morgan fingerprint density at radius 1 is 0.442 bits per heavy atom. The van der Waals surface area contributed by atoms with E-state index >= 15 is 0 Å². The highest BCUT2D eigenvalue weighted by atomic mass is 32.2. The average molecular weight is 2040 g/mol. The monoisotopic (exact) mass is 2040 g/mol. The van der Waals surface area contributed by atoms with Crippen LogP contribution in [0, 0.1) is 0 Å². The molecule has 31 nitrogen and oxygen atoms in total. The van der Waals surface area contributed by atoms with E-state index in [0.29, 0.717) is 103 Å². The summed E-state index contributed by atoms with van der Waals surface area (Å²) in [5.74, 6) is 4.09. The van der Waals surface area contributed by atoms with Gasteiger partial charge in [0.2, 0.25) is 0 Å². The maximum atomic E-state index is 13.0. The highest BCUT2D eigenvalue weighted by Gasteiger charge is 2.35. The second-order valence-electron chi connectivity index (χ2n) is 32.2. The van der Waals surface area contributed by atoms with Crippen LogP contribution in [0.5, 0.6) is 17.2 Å². The van der Waals surface area contributed by atoms with Gasteiger partial charge in [0, 0.05) is 157 Å². The lowest BCUT2D eigenvalue weighted by Crippen LogP contribution is -2.36. The molecule has 15 N–H and O–H groups in total. The van der Waals surface area contributed by atoms with Crippen molar-refractivity contribution in [1.82, 2.24) is 55.4 Å². The number of carbonyl (C=O) groups excluding carboxylic acids is 2. The van der Waals surface area contributed by atoms with Crippen LogP contribution in [0.2, 0.25) is 0 Å². The molecule has 138 heavy (non-hydrogen) atoms. The van der Waals surface area contributed by atoms with E-state index in [2.05, 4.69) is 62.8 Å². The summed E-state index contributed by atoms with van der Waals surface area (Å²) in [6.07, 6.45) is 16.4. The van der Waals surface area contributed by atoms with Crippen LogP contribution in [0.25, 0.3) is 110 Å². The third-order valence-corrected chi connectivity index (χ3v) is 32.1. The number of likely N-dealkylation sites (N-methyl/N-ethyl adjacent to an activating group) is 1. The molecule has 2 amide bonds. The molecule has 4 unspecified atom stereocenters. The largest absolute Gasteiger partial charge is 0.492 e. The Labute approximate surface area is 828 Å². The number of hydrogen-bond acceptors (Lipinski definition) is 31. The molecule has 0 aliphatic heterocycles. The zero-order valence-electron chi connectivity index (χ0n) is 77.4. The van der Waals surface area contributed by atoms with Crippen LogP contribution in [-0.4, -0.2) is 185 Å². The second kappa shape index (κ2) is 50.7. The van der Waals surface area contributed by atoms with Crippen molar-refractivity contribution in [3.05, 3.63) is 238 Å². The summed E-state index contributed by atoms with van der Waals surface area (Å²) in [6, 6.07) is 38.4. The number of carbonyl (C=O) groups is 2. The van der Waals surface area contributed by atoms with Crippen LogP contribution in [-0.2, 0) is 94.0 Å². The zero-order valence-corrected chi connectivity index (χ0v) is 84.8. The van der Waals surface area contributed by atoms with E-state index in [4.69, 9.17) is 82.4 Å². The summed E-state index contributed by atoms with van der Waals surface area (Å²) in [6.45, 7) is 10.2. The first-order valence-electron chi connectivity index (χ1n) is 45.1. The first-order valence-corrected chi connectivity index (χ1v) is 55.5. The Morgan fingerprint density at radius 2 is 0.746 bits per heavy atom. The first-order chi connectivity index (χ1) is 66.8. The number of nitrogens with zero attached hydrogens (tertiary/aromatic N) is 9. The SMILES string of the molecule is CCCCS(=O)C1=C(N)c2c(-c3ccc(CNC(=O)NCCO)cc3)cc(-c3nccs3)nc2C1.CCCCS(=O)C1=C(N)c2c(-c3ccc(OCCN)cc3)cc(-c3nccs3)nc2C1.CCCCS(=O)C1=C(N)c2c(-c3ccc(OCCOC(=O)CN(C)C)cc3)cc(-c3nccs3)nc2C1.CCCCS(=O)C1=C(N)c2c(-c3ccc(OCCOP(=O)(O)O)cc3)cc(-c3nccs3)nc2C1.